The Kier molecular flexibility index (Phi) is 4.01. The number of carbonyl (C=O) groups excluding carboxylic acids is 1. The van der Waals surface area contributed by atoms with Crippen LogP contribution in [0.25, 0.3) is 10.9 Å². The Hall–Kier alpha value is -2.66. The summed E-state index contributed by atoms with van der Waals surface area (Å²) in [4.78, 5) is 18.7. The third-order valence-corrected chi connectivity index (χ3v) is 4.41. The molecule has 3 aromatic rings. The van der Waals surface area contributed by atoms with E-state index >= 15 is 0 Å². The Morgan fingerprint density at radius 3 is 2.96 bits per heavy atom. The molecule has 1 amide bonds. The highest BCUT2D eigenvalue weighted by molar-refractivity contribution is 6.30. The highest BCUT2D eigenvalue weighted by Crippen LogP contribution is 2.27. The molecule has 0 aliphatic carbocycles. The second-order valence-corrected chi connectivity index (χ2v) is 6.27. The van der Waals surface area contributed by atoms with Crippen molar-refractivity contribution >= 4 is 28.4 Å². The topological polar surface area (TPSA) is 42.4 Å². The van der Waals surface area contributed by atoms with Crippen LogP contribution in [0.3, 0.4) is 0 Å². The number of carbonyl (C=O) groups is 1. The molecule has 0 bridgehead atoms. The Labute approximate surface area is 148 Å². The molecule has 2 heterocycles. The van der Waals surface area contributed by atoms with Gasteiger partial charge in [0.2, 0.25) is 0 Å². The number of rotatable bonds is 1. The van der Waals surface area contributed by atoms with Crippen LogP contribution in [0.1, 0.15) is 16.1 Å². The normalized spacial score (nSPS) is 13.9. The van der Waals surface area contributed by atoms with Gasteiger partial charge in [-0.2, -0.15) is 0 Å². The van der Waals surface area contributed by atoms with Crippen LogP contribution in [0.5, 0.6) is 5.75 Å². The molecule has 0 atom stereocenters. The summed E-state index contributed by atoms with van der Waals surface area (Å²) in [5.74, 6) is 0.0160. The predicted molar refractivity (Wildman–Crippen MR) is 93.4 cm³/mol. The first-order valence-electron chi connectivity index (χ1n) is 7.87. The van der Waals surface area contributed by atoms with Gasteiger partial charge in [0.25, 0.3) is 5.91 Å². The SMILES string of the molecule is O=C(c1ccc2cccc(F)c2n1)N1CCOc2ccc(Cl)cc2C1. The van der Waals surface area contributed by atoms with E-state index in [2.05, 4.69) is 4.98 Å². The number of ether oxygens (including phenoxy) is 1. The number of aromatic nitrogens is 1. The van der Waals surface area contributed by atoms with E-state index in [0.717, 1.165) is 11.3 Å². The molecule has 2 aromatic carbocycles. The summed E-state index contributed by atoms with van der Waals surface area (Å²) in [6.07, 6.45) is 0. The maximum absolute atomic E-state index is 14.0. The average molecular weight is 357 g/mol. The number of benzene rings is 2. The van der Waals surface area contributed by atoms with Gasteiger partial charge in [-0.25, -0.2) is 9.37 Å². The first kappa shape index (κ1) is 15.8. The first-order valence-corrected chi connectivity index (χ1v) is 8.25. The Balaban J connectivity index is 1.67. The number of halogens is 2. The molecular weight excluding hydrogens is 343 g/mol. The average Bonchev–Trinajstić information content (AvgIpc) is 2.83. The Morgan fingerprint density at radius 2 is 2.08 bits per heavy atom. The van der Waals surface area contributed by atoms with Gasteiger partial charge in [0.15, 0.2) is 0 Å². The van der Waals surface area contributed by atoms with E-state index in [9.17, 15) is 9.18 Å². The van der Waals surface area contributed by atoms with E-state index in [1.165, 1.54) is 6.07 Å². The number of para-hydroxylation sites is 1. The van der Waals surface area contributed by atoms with Gasteiger partial charge in [-0.05, 0) is 30.3 Å². The van der Waals surface area contributed by atoms with Crippen molar-refractivity contribution in [2.45, 2.75) is 6.54 Å². The van der Waals surface area contributed by atoms with Crippen LogP contribution in [0, 0.1) is 5.82 Å². The lowest BCUT2D eigenvalue weighted by Gasteiger charge is -2.19. The molecule has 1 aromatic heterocycles. The first-order chi connectivity index (χ1) is 12.1. The van der Waals surface area contributed by atoms with Crippen LogP contribution < -0.4 is 4.74 Å². The van der Waals surface area contributed by atoms with E-state index in [0.29, 0.717) is 30.1 Å². The fraction of sp³-hybridized carbons (Fsp3) is 0.158. The van der Waals surface area contributed by atoms with Crippen LogP contribution in [0.4, 0.5) is 4.39 Å². The van der Waals surface area contributed by atoms with Crippen molar-refractivity contribution in [1.82, 2.24) is 9.88 Å². The van der Waals surface area contributed by atoms with E-state index in [1.807, 2.05) is 0 Å². The lowest BCUT2D eigenvalue weighted by atomic mass is 10.1. The summed E-state index contributed by atoms with van der Waals surface area (Å²) in [5, 5.41) is 1.25. The minimum absolute atomic E-state index is 0.197. The molecule has 0 radical (unpaired) electrons. The zero-order valence-corrected chi connectivity index (χ0v) is 14.0. The minimum atomic E-state index is -0.441. The van der Waals surface area contributed by atoms with Crippen molar-refractivity contribution in [2.75, 3.05) is 13.2 Å². The van der Waals surface area contributed by atoms with E-state index < -0.39 is 5.82 Å². The fourth-order valence-electron chi connectivity index (χ4n) is 2.93. The zero-order chi connectivity index (χ0) is 17.4. The standard InChI is InChI=1S/C19H14ClFN2O2/c20-14-5-7-17-13(10-14)11-23(8-9-25-17)19(24)16-6-4-12-2-1-3-15(21)18(12)22-16/h1-7,10H,8-9,11H2. The molecule has 0 N–H and O–H groups in total. The molecule has 0 spiro atoms. The summed E-state index contributed by atoms with van der Waals surface area (Å²) < 4.78 is 19.6. The summed E-state index contributed by atoms with van der Waals surface area (Å²) in [6.45, 7) is 1.16. The maximum Gasteiger partial charge on any atom is 0.272 e. The second-order valence-electron chi connectivity index (χ2n) is 5.84. The van der Waals surface area contributed by atoms with Gasteiger partial charge in [-0.15, -0.1) is 0 Å². The van der Waals surface area contributed by atoms with Gasteiger partial charge < -0.3 is 9.64 Å². The summed E-state index contributed by atoms with van der Waals surface area (Å²) in [6, 6.07) is 13.4. The summed E-state index contributed by atoms with van der Waals surface area (Å²) in [7, 11) is 0. The van der Waals surface area contributed by atoms with Crippen molar-refractivity contribution in [2.24, 2.45) is 0 Å². The largest absolute Gasteiger partial charge is 0.491 e. The molecule has 0 unspecified atom stereocenters. The highest BCUT2D eigenvalue weighted by atomic mass is 35.5. The molecule has 0 fully saturated rings. The van der Waals surface area contributed by atoms with Gasteiger partial charge in [-0.1, -0.05) is 29.8 Å². The van der Waals surface area contributed by atoms with Crippen molar-refractivity contribution in [3.63, 3.8) is 0 Å². The molecule has 25 heavy (non-hydrogen) atoms. The predicted octanol–water partition coefficient (Wildman–Crippen LogP) is 4.06. The van der Waals surface area contributed by atoms with Crippen molar-refractivity contribution < 1.29 is 13.9 Å². The van der Waals surface area contributed by atoms with Crippen molar-refractivity contribution in [3.05, 3.63) is 70.6 Å². The Bertz CT molecular complexity index is 977. The molecule has 0 saturated heterocycles. The van der Waals surface area contributed by atoms with Gasteiger partial charge in [0.1, 0.15) is 29.4 Å². The van der Waals surface area contributed by atoms with Crippen molar-refractivity contribution in [3.8, 4) is 5.75 Å². The lowest BCUT2D eigenvalue weighted by molar-refractivity contribution is 0.0727. The highest BCUT2D eigenvalue weighted by Gasteiger charge is 2.22. The quantitative estimate of drug-likeness (QED) is 0.660. The van der Waals surface area contributed by atoms with Crippen LogP contribution in [0.2, 0.25) is 5.02 Å². The van der Waals surface area contributed by atoms with Gasteiger partial charge in [0.05, 0.1) is 6.54 Å². The monoisotopic (exact) mass is 356 g/mol. The second kappa shape index (κ2) is 6.33. The molecule has 4 rings (SSSR count). The number of nitrogens with zero attached hydrogens (tertiary/aromatic N) is 2. The van der Waals surface area contributed by atoms with Gasteiger partial charge >= 0.3 is 0 Å². The molecule has 0 saturated carbocycles. The third-order valence-electron chi connectivity index (χ3n) is 4.18. The van der Waals surface area contributed by atoms with Crippen molar-refractivity contribution in [1.29, 1.82) is 0 Å². The third kappa shape index (κ3) is 3.03. The van der Waals surface area contributed by atoms with Gasteiger partial charge in [-0.3, -0.25) is 4.79 Å². The summed E-state index contributed by atoms with van der Waals surface area (Å²) >= 11 is 6.04. The molecule has 1 aliphatic heterocycles. The maximum atomic E-state index is 14.0. The zero-order valence-electron chi connectivity index (χ0n) is 13.2. The Morgan fingerprint density at radius 1 is 1.20 bits per heavy atom. The van der Waals surface area contributed by atoms with E-state index in [1.54, 1.807) is 47.4 Å². The number of amides is 1. The number of fused-ring (bicyclic) bond motifs is 2. The molecular formula is C19H14ClFN2O2. The molecule has 4 nitrogen and oxygen atoms in total. The fourth-order valence-corrected chi connectivity index (χ4v) is 3.12. The van der Waals surface area contributed by atoms with Crippen LogP contribution in [0.15, 0.2) is 48.5 Å². The molecule has 126 valence electrons. The summed E-state index contributed by atoms with van der Waals surface area (Å²) in [5.41, 5.74) is 1.25. The van der Waals surface area contributed by atoms with Crippen LogP contribution in [-0.4, -0.2) is 28.9 Å². The van der Waals surface area contributed by atoms with E-state index in [4.69, 9.17) is 16.3 Å². The smallest absolute Gasteiger partial charge is 0.272 e. The molecule has 6 heteroatoms. The van der Waals surface area contributed by atoms with E-state index in [-0.39, 0.29) is 17.1 Å². The van der Waals surface area contributed by atoms with Crippen LogP contribution in [-0.2, 0) is 6.54 Å². The minimum Gasteiger partial charge on any atom is -0.491 e. The number of hydrogen-bond donors (Lipinski definition) is 0. The number of hydrogen-bond acceptors (Lipinski definition) is 3. The lowest BCUT2D eigenvalue weighted by Crippen LogP contribution is -2.33. The molecule has 1 aliphatic rings. The van der Waals surface area contributed by atoms with Crippen LogP contribution >= 0.6 is 11.6 Å². The van der Waals surface area contributed by atoms with Gasteiger partial charge in [0, 0.05) is 22.5 Å². The number of pyridine rings is 1.